The summed E-state index contributed by atoms with van der Waals surface area (Å²) in [6, 6.07) is 7.08. The fraction of sp³-hybridized carbons (Fsp3) is 0.500. The molecular formula is C16H21ClN2O3. The molecule has 1 aliphatic rings. The van der Waals surface area contributed by atoms with E-state index in [1.807, 2.05) is 25.1 Å². The van der Waals surface area contributed by atoms with Crippen LogP contribution in [0.1, 0.15) is 37.8 Å². The fourth-order valence-electron chi connectivity index (χ4n) is 2.75. The summed E-state index contributed by atoms with van der Waals surface area (Å²) in [5.41, 5.74) is 0.954. The summed E-state index contributed by atoms with van der Waals surface area (Å²) in [5.74, 6) is -1.30. The Labute approximate surface area is 135 Å². The monoisotopic (exact) mass is 324 g/mol. The quantitative estimate of drug-likeness (QED) is 0.892. The number of halogens is 1. The maximum atomic E-state index is 12.4. The van der Waals surface area contributed by atoms with Crippen LogP contribution in [-0.2, 0) is 4.79 Å². The van der Waals surface area contributed by atoms with Crippen LogP contribution in [0.3, 0.4) is 0 Å². The lowest BCUT2D eigenvalue weighted by atomic mass is 9.98. The van der Waals surface area contributed by atoms with Gasteiger partial charge in [-0.1, -0.05) is 30.7 Å². The molecule has 1 saturated heterocycles. The van der Waals surface area contributed by atoms with Gasteiger partial charge in [0, 0.05) is 18.1 Å². The Morgan fingerprint density at radius 1 is 1.50 bits per heavy atom. The van der Waals surface area contributed by atoms with Crippen molar-refractivity contribution in [1.29, 1.82) is 0 Å². The zero-order valence-corrected chi connectivity index (χ0v) is 13.3. The van der Waals surface area contributed by atoms with Gasteiger partial charge in [-0.15, -0.1) is 0 Å². The highest BCUT2D eigenvalue weighted by Crippen LogP contribution is 2.22. The lowest BCUT2D eigenvalue weighted by molar-refractivity contribution is -0.143. The molecule has 0 bridgehead atoms. The Bertz CT molecular complexity index is 550. The minimum absolute atomic E-state index is 0.128. The number of rotatable bonds is 4. The third-order valence-corrected chi connectivity index (χ3v) is 4.25. The summed E-state index contributed by atoms with van der Waals surface area (Å²) >= 11 is 6.00. The van der Waals surface area contributed by atoms with Crippen LogP contribution in [0.4, 0.5) is 4.79 Å². The van der Waals surface area contributed by atoms with E-state index in [9.17, 15) is 9.59 Å². The van der Waals surface area contributed by atoms with E-state index in [2.05, 4.69) is 5.32 Å². The van der Waals surface area contributed by atoms with Crippen molar-refractivity contribution < 1.29 is 14.7 Å². The van der Waals surface area contributed by atoms with Gasteiger partial charge in [-0.05, 0) is 37.0 Å². The van der Waals surface area contributed by atoms with Crippen LogP contribution in [-0.4, -0.2) is 35.1 Å². The number of carboxylic acids is 1. The van der Waals surface area contributed by atoms with Gasteiger partial charge in [-0.3, -0.25) is 4.79 Å². The van der Waals surface area contributed by atoms with E-state index < -0.39 is 11.9 Å². The van der Waals surface area contributed by atoms with Crippen LogP contribution in [0.15, 0.2) is 24.3 Å². The Hall–Kier alpha value is -1.75. The van der Waals surface area contributed by atoms with Crippen molar-refractivity contribution >= 4 is 23.6 Å². The van der Waals surface area contributed by atoms with Gasteiger partial charge in [-0.2, -0.15) is 0 Å². The second-order valence-electron chi connectivity index (χ2n) is 5.59. The van der Waals surface area contributed by atoms with Gasteiger partial charge in [0.1, 0.15) is 0 Å². The molecule has 1 aliphatic heterocycles. The molecule has 1 aromatic rings. The minimum Gasteiger partial charge on any atom is -0.481 e. The summed E-state index contributed by atoms with van der Waals surface area (Å²) in [6.07, 6.45) is 2.09. The van der Waals surface area contributed by atoms with E-state index in [0.717, 1.165) is 18.4 Å². The van der Waals surface area contributed by atoms with Crippen molar-refractivity contribution in [1.82, 2.24) is 10.2 Å². The molecule has 6 heteroatoms. The average Bonchev–Trinajstić information content (AvgIpc) is 2.52. The number of urea groups is 1. The minimum atomic E-state index is -0.834. The van der Waals surface area contributed by atoms with Crippen molar-refractivity contribution in [3.8, 4) is 0 Å². The predicted octanol–water partition coefficient (Wildman–Crippen LogP) is 3.30. The van der Waals surface area contributed by atoms with Gasteiger partial charge in [-0.25, -0.2) is 4.79 Å². The molecule has 1 fully saturated rings. The number of benzene rings is 1. The first-order chi connectivity index (χ1) is 10.5. The molecule has 120 valence electrons. The van der Waals surface area contributed by atoms with Crippen LogP contribution in [0, 0.1) is 5.92 Å². The highest BCUT2D eigenvalue weighted by Gasteiger charge is 2.29. The molecule has 2 N–H and O–H groups in total. The van der Waals surface area contributed by atoms with Gasteiger partial charge in [0.15, 0.2) is 0 Å². The normalized spacial score (nSPS) is 19.5. The standard InChI is InChI=1S/C16H21ClN2O3/c1-2-14(11-5-3-7-13(17)9-11)18-16(22)19-8-4-6-12(10-19)15(20)21/h3,5,7,9,12,14H,2,4,6,8,10H2,1H3,(H,18,22)(H,20,21). The van der Waals surface area contributed by atoms with Crippen molar-refractivity contribution in [3.63, 3.8) is 0 Å². The van der Waals surface area contributed by atoms with Crippen LogP contribution < -0.4 is 5.32 Å². The second-order valence-corrected chi connectivity index (χ2v) is 6.03. The topological polar surface area (TPSA) is 69.6 Å². The lowest BCUT2D eigenvalue weighted by Gasteiger charge is -2.32. The number of carbonyl (C=O) groups excluding carboxylic acids is 1. The number of piperidine rings is 1. The molecule has 22 heavy (non-hydrogen) atoms. The smallest absolute Gasteiger partial charge is 0.317 e. The largest absolute Gasteiger partial charge is 0.481 e. The summed E-state index contributed by atoms with van der Waals surface area (Å²) in [7, 11) is 0. The van der Waals surface area contributed by atoms with Gasteiger partial charge in [0.25, 0.3) is 0 Å². The van der Waals surface area contributed by atoms with Crippen molar-refractivity contribution in [3.05, 3.63) is 34.9 Å². The zero-order valence-electron chi connectivity index (χ0n) is 12.6. The SMILES string of the molecule is CCC(NC(=O)N1CCCC(C(=O)O)C1)c1cccc(Cl)c1. The van der Waals surface area contributed by atoms with Gasteiger partial charge in [0.05, 0.1) is 12.0 Å². The number of likely N-dealkylation sites (tertiary alicyclic amines) is 1. The number of amides is 2. The van der Waals surface area contributed by atoms with Crippen LogP contribution in [0.2, 0.25) is 5.02 Å². The number of carbonyl (C=O) groups is 2. The molecule has 1 heterocycles. The Kier molecular flexibility index (Phi) is 5.66. The zero-order chi connectivity index (χ0) is 16.1. The summed E-state index contributed by atoms with van der Waals surface area (Å²) < 4.78 is 0. The predicted molar refractivity (Wildman–Crippen MR) is 84.9 cm³/mol. The highest BCUT2D eigenvalue weighted by molar-refractivity contribution is 6.30. The second kappa shape index (κ2) is 7.49. The first-order valence-corrected chi connectivity index (χ1v) is 7.92. The molecule has 2 amide bonds. The van der Waals surface area contributed by atoms with E-state index in [0.29, 0.717) is 18.0 Å². The van der Waals surface area contributed by atoms with Crippen LogP contribution >= 0.6 is 11.6 Å². The Morgan fingerprint density at radius 3 is 2.91 bits per heavy atom. The molecule has 2 rings (SSSR count). The van der Waals surface area contributed by atoms with Gasteiger partial charge >= 0.3 is 12.0 Å². The molecule has 1 aromatic carbocycles. The molecule has 0 spiro atoms. The number of hydrogen-bond acceptors (Lipinski definition) is 2. The Balaban J connectivity index is 2.01. The van der Waals surface area contributed by atoms with E-state index >= 15 is 0 Å². The number of nitrogens with zero attached hydrogens (tertiary/aromatic N) is 1. The fourth-order valence-corrected chi connectivity index (χ4v) is 2.95. The van der Waals surface area contributed by atoms with E-state index in [1.54, 1.807) is 11.0 Å². The van der Waals surface area contributed by atoms with E-state index in [1.165, 1.54) is 0 Å². The van der Waals surface area contributed by atoms with Crippen molar-refractivity contribution in [2.24, 2.45) is 5.92 Å². The molecule has 0 aromatic heterocycles. The summed E-state index contributed by atoms with van der Waals surface area (Å²) in [5, 5.41) is 12.7. The Morgan fingerprint density at radius 2 is 2.27 bits per heavy atom. The molecule has 2 unspecified atom stereocenters. The van der Waals surface area contributed by atoms with Crippen LogP contribution in [0.25, 0.3) is 0 Å². The summed E-state index contributed by atoms with van der Waals surface area (Å²) in [6.45, 7) is 2.86. The number of hydrogen-bond donors (Lipinski definition) is 2. The highest BCUT2D eigenvalue weighted by atomic mass is 35.5. The van der Waals surface area contributed by atoms with E-state index in [-0.39, 0.29) is 18.6 Å². The maximum Gasteiger partial charge on any atom is 0.317 e. The molecule has 0 saturated carbocycles. The first-order valence-electron chi connectivity index (χ1n) is 7.55. The average molecular weight is 325 g/mol. The number of carboxylic acid groups (broad SMARTS) is 1. The lowest BCUT2D eigenvalue weighted by Crippen LogP contribution is -2.47. The van der Waals surface area contributed by atoms with Crippen molar-refractivity contribution in [2.75, 3.05) is 13.1 Å². The molecular weight excluding hydrogens is 304 g/mol. The maximum absolute atomic E-state index is 12.4. The third-order valence-electron chi connectivity index (χ3n) is 4.01. The molecule has 2 atom stereocenters. The van der Waals surface area contributed by atoms with Crippen LogP contribution in [0.5, 0.6) is 0 Å². The van der Waals surface area contributed by atoms with Gasteiger partial charge < -0.3 is 15.3 Å². The summed E-state index contributed by atoms with van der Waals surface area (Å²) in [4.78, 5) is 25.1. The van der Waals surface area contributed by atoms with Gasteiger partial charge in [0.2, 0.25) is 0 Å². The number of aliphatic carboxylic acids is 1. The molecule has 5 nitrogen and oxygen atoms in total. The first kappa shape index (κ1) is 16.6. The third kappa shape index (κ3) is 4.13. The molecule has 0 radical (unpaired) electrons. The molecule has 0 aliphatic carbocycles. The van der Waals surface area contributed by atoms with Crippen molar-refractivity contribution in [2.45, 2.75) is 32.2 Å². The van der Waals surface area contributed by atoms with E-state index in [4.69, 9.17) is 16.7 Å². The number of nitrogens with one attached hydrogen (secondary N) is 1.